The maximum Gasteiger partial charge on any atom is 0.242 e. The molecule has 2 fully saturated rings. The summed E-state index contributed by atoms with van der Waals surface area (Å²) in [5.41, 5.74) is 6.44. The zero-order chi connectivity index (χ0) is 14.3. The molecule has 2 saturated heterocycles. The third-order valence-electron chi connectivity index (χ3n) is 3.93. The van der Waals surface area contributed by atoms with Crippen LogP contribution in [0.5, 0.6) is 0 Å². The van der Waals surface area contributed by atoms with Gasteiger partial charge in [-0.3, -0.25) is 0 Å². The van der Waals surface area contributed by atoms with Crippen molar-refractivity contribution in [1.29, 1.82) is 0 Å². The molecule has 0 spiro atoms. The van der Waals surface area contributed by atoms with Gasteiger partial charge in [-0.1, -0.05) is 6.07 Å². The van der Waals surface area contributed by atoms with Crippen LogP contribution in [0.4, 0.5) is 0 Å². The molecule has 0 amide bonds. The molecule has 2 aliphatic heterocycles. The fourth-order valence-corrected chi connectivity index (χ4v) is 5.32. The first-order valence-corrected chi connectivity index (χ1v) is 8.93. The van der Waals surface area contributed by atoms with E-state index in [0.29, 0.717) is 11.0 Å². The highest BCUT2D eigenvalue weighted by Crippen LogP contribution is 2.35. The summed E-state index contributed by atoms with van der Waals surface area (Å²) in [4.78, 5) is 0.248. The number of hydrogen-bond acceptors (Lipinski definition) is 4. The minimum Gasteiger partial charge on any atom is -0.373 e. The Morgan fingerprint density at radius 1 is 1.40 bits per heavy atom. The van der Waals surface area contributed by atoms with Crippen molar-refractivity contribution in [2.24, 2.45) is 5.73 Å². The molecule has 2 aliphatic rings. The highest BCUT2D eigenvalue weighted by atomic mass is 79.9. The van der Waals surface area contributed by atoms with Crippen LogP contribution in [0.2, 0.25) is 0 Å². The number of benzene rings is 1. The van der Waals surface area contributed by atoms with Crippen molar-refractivity contribution in [2.75, 3.05) is 0 Å². The number of nitrogens with two attached hydrogens (primary N) is 1. The Kier molecular flexibility index (Phi) is 3.89. The van der Waals surface area contributed by atoms with Gasteiger partial charge in [0.25, 0.3) is 0 Å². The van der Waals surface area contributed by atoms with Crippen molar-refractivity contribution in [3.8, 4) is 0 Å². The molecule has 3 atom stereocenters. The third-order valence-corrected chi connectivity index (χ3v) is 6.40. The van der Waals surface area contributed by atoms with E-state index in [0.717, 1.165) is 24.8 Å². The molecule has 0 saturated carbocycles. The lowest BCUT2D eigenvalue weighted by Gasteiger charge is -2.20. The predicted molar refractivity (Wildman–Crippen MR) is 78.7 cm³/mol. The van der Waals surface area contributed by atoms with E-state index in [1.54, 1.807) is 18.2 Å². The van der Waals surface area contributed by atoms with Crippen LogP contribution in [0.1, 0.15) is 24.8 Å². The van der Waals surface area contributed by atoms with Gasteiger partial charge in [0.15, 0.2) is 0 Å². The zero-order valence-electron chi connectivity index (χ0n) is 10.9. The van der Waals surface area contributed by atoms with Crippen LogP contribution in [-0.2, 0) is 21.3 Å². The van der Waals surface area contributed by atoms with E-state index in [1.165, 1.54) is 0 Å². The number of halogens is 1. The first-order valence-electron chi connectivity index (χ1n) is 6.66. The minimum absolute atomic E-state index is 0.0249. The second-order valence-electron chi connectivity index (χ2n) is 5.31. The Hall–Kier alpha value is -0.470. The monoisotopic (exact) mass is 360 g/mol. The van der Waals surface area contributed by atoms with Crippen molar-refractivity contribution < 1.29 is 13.2 Å². The van der Waals surface area contributed by atoms with Gasteiger partial charge in [0, 0.05) is 11.0 Å². The van der Waals surface area contributed by atoms with Crippen LogP contribution in [0.25, 0.3) is 0 Å². The molecule has 1 aromatic carbocycles. The number of rotatable bonds is 4. The van der Waals surface area contributed by atoms with Gasteiger partial charge >= 0.3 is 0 Å². The quantitative estimate of drug-likeness (QED) is 0.852. The van der Waals surface area contributed by atoms with E-state index in [9.17, 15) is 8.42 Å². The molecule has 0 aliphatic carbocycles. The van der Waals surface area contributed by atoms with Crippen LogP contribution >= 0.6 is 15.9 Å². The standard InChI is InChI=1S/C13H17BrN2O3S/c14-10-5-8(7-15)1-4-13(10)20(17,18)16-11-6-9-2-3-12(11)19-9/h1,4-5,9,11-12,16H,2-3,6-7,15H2. The van der Waals surface area contributed by atoms with Gasteiger partial charge in [-0.05, 0) is 52.9 Å². The molecule has 0 radical (unpaired) electrons. The molecule has 110 valence electrons. The van der Waals surface area contributed by atoms with Gasteiger partial charge in [0.2, 0.25) is 10.0 Å². The van der Waals surface area contributed by atoms with Crippen molar-refractivity contribution in [1.82, 2.24) is 4.72 Å². The van der Waals surface area contributed by atoms with Crippen LogP contribution in [0.3, 0.4) is 0 Å². The number of sulfonamides is 1. The Bertz CT molecular complexity index is 620. The highest BCUT2D eigenvalue weighted by Gasteiger charge is 2.42. The third kappa shape index (κ3) is 2.65. The summed E-state index contributed by atoms with van der Waals surface area (Å²) in [6.45, 7) is 0.382. The summed E-state index contributed by atoms with van der Waals surface area (Å²) in [7, 11) is -3.54. The molecule has 1 aromatic rings. The van der Waals surface area contributed by atoms with E-state index in [4.69, 9.17) is 10.5 Å². The molecular weight excluding hydrogens is 344 g/mol. The SMILES string of the molecule is NCc1ccc(S(=O)(=O)NC2CC3CCC2O3)c(Br)c1. The van der Waals surface area contributed by atoms with Crippen molar-refractivity contribution >= 4 is 26.0 Å². The van der Waals surface area contributed by atoms with E-state index in [2.05, 4.69) is 20.7 Å². The average molecular weight is 361 g/mol. The lowest BCUT2D eigenvalue weighted by molar-refractivity contribution is 0.0996. The average Bonchev–Trinajstić information content (AvgIpc) is 2.99. The van der Waals surface area contributed by atoms with E-state index >= 15 is 0 Å². The summed E-state index contributed by atoms with van der Waals surface area (Å²) in [6, 6.07) is 4.95. The van der Waals surface area contributed by atoms with Gasteiger partial charge in [0.05, 0.1) is 23.1 Å². The topological polar surface area (TPSA) is 81.4 Å². The van der Waals surface area contributed by atoms with E-state index in [-0.39, 0.29) is 23.1 Å². The van der Waals surface area contributed by atoms with Gasteiger partial charge in [-0.2, -0.15) is 0 Å². The van der Waals surface area contributed by atoms with Gasteiger partial charge < -0.3 is 10.5 Å². The fraction of sp³-hybridized carbons (Fsp3) is 0.538. The molecule has 20 heavy (non-hydrogen) atoms. The maximum atomic E-state index is 12.5. The Morgan fingerprint density at radius 2 is 2.20 bits per heavy atom. The number of hydrogen-bond donors (Lipinski definition) is 2. The summed E-state index contributed by atoms with van der Waals surface area (Å²) in [5, 5.41) is 0. The molecular formula is C13H17BrN2O3S. The zero-order valence-corrected chi connectivity index (χ0v) is 13.3. The molecule has 7 heteroatoms. The van der Waals surface area contributed by atoms with Crippen molar-refractivity contribution in [3.63, 3.8) is 0 Å². The Morgan fingerprint density at radius 3 is 2.75 bits per heavy atom. The van der Waals surface area contributed by atoms with E-state index < -0.39 is 10.0 Å². The molecule has 2 heterocycles. The van der Waals surface area contributed by atoms with Gasteiger partial charge in [-0.15, -0.1) is 0 Å². The normalized spacial score (nSPS) is 29.0. The van der Waals surface area contributed by atoms with Crippen molar-refractivity contribution in [2.45, 2.75) is 49.0 Å². The first-order chi connectivity index (χ1) is 9.49. The van der Waals surface area contributed by atoms with Crippen LogP contribution < -0.4 is 10.5 Å². The smallest absolute Gasteiger partial charge is 0.242 e. The summed E-state index contributed by atoms with van der Waals surface area (Å²) in [5.74, 6) is 0. The first kappa shape index (κ1) is 14.5. The molecule has 5 nitrogen and oxygen atoms in total. The maximum absolute atomic E-state index is 12.5. The van der Waals surface area contributed by atoms with Gasteiger partial charge in [-0.25, -0.2) is 13.1 Å². The Balaban J connectivity index is 1.81. The van der Waals surface area contributed by atoms with Crippen LogP contribution in [0, 0.1) is 0 Å². The minimum atomic E-state index is -3.54. The second-order valence-corrected chi connectivity index (χ2v) is 7.84. The number of nitrogens with one attached hydrogen (secondary N) is 1. The van der Waals surface area contributed by atoms with E-state index in [1.807, 2.05) is 0 Å². The summed E-state index contributed by atoms with van der Waals surface area (Å²) < 4.78 is 33.9. The Labute approximate surface area is 127 Å². The molecule has 0 aromatic heterocycles. The summed E-state index contributed by atoms with van der Waals surface area (Å²) in [6.07, 6.45) is 2.98. The molecule has 2 bridgehead atoms. The number of ether oxygens (including phenoxy) is 1. The molecule has 3 N–H and O–H groups in total. The lowest BCUT2D eigenvalue weighted by Crippen LogP contribution is -2.41. The lowest BCUT2D eigenvalue weighted by atomic mass is 9.96. The van der Waals surface area contributed by atoms with Crippen molar-refractivity contribution in [3.05, 3.63) is 28.2 Å². The molecule has 3 unspecified atom stereocenters. The van der Waals surface area contributed by atoms with Gasteiger partial charge in [0.1, 0.15) is 0 Å². The summed E-state index contributed by atoms with van der Waals surface area (Å²) >= 11 is 3.31. The fourth-order valence-electron chi connectivity index (χ4n) is 2.91. The van der Waals surface area contributed by atoms with Crippen LogP contribution in [0.15, 0.2) is 27.6 Å². The predicted octanol–water partition coefficient (Wildman–Crippen LogP) is 1.51. The molecule has 3 rings (SSSR count). The number of fused-ring (bicyclic) bond motifs is 2. The van der Waals surface area contributed by atoms with Crippen LogP contribution in [-0.4, -0.2) is 26.7 Å². The second kappa shape index (κ2) is 5.38. The largest absolute Gasteiger partial charge is 0.373 e. The highest BCUT2D eigenvalue weighted by molar-refractivity contribution is 9.10.